The van der Waals surface area contributed by atoms with Crippen molar-refractivity contribution in [2.75, 3.05) is 13.1 Å². The molecule has 0 spiro atoms. The van der Waals surface area contributed by atoms with Crippen LogP contribution in [-0.2, 0) is 9.59 Å². The Bertz CT molecular complexity index is 1210. The monoisotopic (exact) mass is 469 g/mol. The first-order valence-electron chi connectivity index (χ1n) is 11.4. The minimum Gasteiger partial charge on any atom is -0.356 e. The largest absolute Gasteiger partial charge is 0.356 e. The zero-order valence-electron chi connectivity index (χ0n) is 18.8. The maximum absolute atomic E-state index is 14.1. The number of piperidine rings is 1. The first kappa shape index (κ1) is 22.3. The molecule has 1 aromatic carbocycles. The number of carbonyl (C=O) groups excluding carboxylic acids is 3. The minimum absolute atomic E-state index is 0.00429. The number of likely N-dealkylation sites (tertiary alicyclic amines) is 1. The average Bonchev–Trinajstić information content (AvgIpc) is 3.32. The summed E-state index contributed by atoms with van der Waals surface area (Å²) in [6.45, 7) is 4.94. The molecule has 8 nitrogen and oxygen atoms in total. The second-order valence-corrected chi connectivity index (χ2v) is 10.1. The third kappa shape index (κ3) is 3.42. The van der Waals surface area contributed by atoms with Crippen molar-refractivity contribution in [3.63, 3.8) is 0 Å². The Morgan fingerprint density at radius 2 is 2.06 bits per heavy atom. The van der Waals surface area contributed by atoms with Crippen LogP contribution in [0.5, 0.6) is 0 Å². The number of aromatic amines is 1. The maximum Gasteiger partial charge on any atom is 0.271 e. The van der Waals surface area contributed by atoms with Crippen molar-refractivity contribution in [2.24, 2.45) is 23.2 Å². The van der Waals surface area contributed by atoms with Gasteiger partial charge in [0.1, 0.15) is 29.4 Å². The third-order valence-electron chi connectivity index (χ3n) is 7.81. The number of nitriles is 1. The molecule has 2 saturated heterocycles. The zero-order valence-corrected chi connectivity index (χ0v) is 18.8. The van der Waals surface area contributed by atoms with Crippen LogP contribution in [0.4, 0.5) is 8.78 Å². The van der Waals surface area contributed by atoms with E-state index in [2.05, 4.69) is 21.7 Å². The van der Waals surface area contributed by atoms with Gasteiger partial charge in [-0.15, -0.1) is 0 Å². The molecule has 3 amide bonds. The Morgan fingerprint density at radius 3 is 2.71 bits per heavy atom. The lowest BCUT2D eigenvalue weighted by molar-refractivity contribution is -0.127. The van der Waals surface area contributed by atoms with Crippen molar-refractivity contribution in [2.45, 2.75) is 38.8 Å². The molecule has 0 bridgehead atoms. The number of aromatic nitrogens is 1. The van der Waals surface area contributed by atoms with E-state index < -0.39 is 35.5 Å². The van der Waals surface area contributed by atoms with Crippen LogP contribution in [0.1, 0.15) is 37.2 Å². The van der Waals surface area contributed by atoms with Crippen LogP contribution in [0.25, 0.3) is 10.9 Å². The van der Waals surface area contributed by atoms with E-state index >= 15 is 0 Å². The molecule has 1 aliphatic carbocycles. The number of nitrogens with one attached hydrogen (secondary N) is 3. The van der Waals surface area contributed by atoms with Gasteiger partial charge in [-0.2, -0.15) is 5.26 Å². The Morgan fingerprint density at radius 1 is 1.32 bits per heavy atom. The molecule has 3 N–H and O–H groups in total. The smallest absolute Gasteiger partial charge is 0.271 e. The van der Waals surface area contributed by atoms with E-state index in [1.165, 1.54) is 11.0 Å². The quantitative estimate of drug-likeness (QED) is 0.621. The van der Waals surface area contributed by atoms with Crippen molar-refractivity contribution in [1.29, 1.82) is 5.26 Å². The summed E-state index contributed by atoms with van der Waals surface area (Å²) in [5.41, 5.74) is -0.255. The Balaban J connectivity index is 1.38. The summed E-state index contributed by atoms with van der Waals surface area (Å²) in [4.78, 5) is 42.7. The van der Waals surface area contributed by atoms with Crippen molar-refractivity contribution >= 4 is 28.6 Å². The molecular formula is C24H25F2N5O3. The fraction of sp³-hybridized carbons (Fsp3) is 0.500. The number of benzene rings is 1. The van der Waals surface area contributed by atoms with Crippen LogP contribution in [0.3, 0.4) is 0 Å². The molecule has 0 unspecified atom stereocenters. The first-order valence-corrected chi connectivity index (χ1v) is 11.4. The first-order chi connectivity index (χ1) is 16.1. The molecule has 3 heterocycles. The lowest BCUT2D eigenvalue weighted by atomic mass is 9.97. The summed E-state index contributed by atoms with van der Waals surface area (Å²) in [5, 5.41) is 15.0. The molecule has 34 heavy (non-hydrogen) atoms. The lowest BCUT2D eigenvalue weighted by Gasteiger charge is -2.30. The van der Waals surface area contributed by atoms with E-state index in [-0.39, 0.29) is 52.1 Å². The number of hydrogen-bond donors (Lipinski definition) is 3. The van der Waals surface area contributed by atoms with E-state index in [9.17, 15) is 28.4 Å². The van der Waals surface area contributed by atoms with Gasteiger partial charge >= 0.3 is 0 Å². The maximum atomic E-state index is 14.1. The number of nitrogens with zero attached hydrogens (tertiary/aromatic N) is 2. The number of fused-ring (bicyclic) bond motifs is 2. The predicted molar refractivity (Wildman–Crippen MR) is 117 cm³/mol. The van der Waals surface area contributed by atoms with Gasteiger partial charge in [-0.3, -0.25) is 14.4 Å². The van der Waals surface area contributed by atoms with E-state index in [1.807, 2.05) is 13.8 Å². The molecule has 1 saturated carbocycles. The zero-order chi connectivity index (χ0) is 24.4. The topological polar surface area (TPSA) is 118 Å². The van der Waals surface area contributed by atoms with Crippen LogP contribution in [0, 0.1) is 46.1 Å². The van der Waals surface area contributed by atoms with Crippen LogP contribution < -0.4 is 10.6 Å². The molecule has 0 radical (unpaired) electrons. The summed E-state index contributed by atoms with van der Waals surface area (Å²) in [6.07, 6.45) is 0.805. The highest BCUT2D eigenvalue weighted by Gasteiger charge is 2.69. The summed E-state index contributed by atoms with van der Waals surface area (Å²) >= 11 is 0. The molecule has 178 valence electrons. The molecule has 1 aromatic heterocycles. The van der Waals surface area contributed by atoms with Gasteiger partial charge in [-0.25, -0.2) is 8.78 Å². The normalized spacial score (nSPS) is 27.7. The summed E-state index contributed by atoms with van der Waals surface area (Å²) in [5.74, 6) is -2.77. The fourth-order valence-corrected chi connectivity index (χ4v) is 5.77. The second kappa shape index (κ2) is 7.79. The van der Waals surface area contributed by atoms with Gasteiger partial charge in [0.25, 0.3) is 5.91 Å². The highest BCUT2D eigenvalue weighted by Crippen LogP contribution is 2.65. The second-order valence-electron chi connectivity index (χ2n) is 10.1. The summed E-state index contributed by atoms with van der Waals surface area (Å²) in [6, 6.07) is 3.61. The molecule has 2 aromatic rings. The number of H-pyrrole nitrogens is 1. The molecule has 5 rings (SSSR count). The van der Waals surface area contributed by atoms with Crippen molar-refractivity contribution < 1.29 is 23.2 Å². The van der Waals surface area contributed by atoms with Gasteiger partial charge in [0.2, 0.25) is 11.8 Å². The molecule has 3 aliphatic rings. The number of hydrogen-bond acceptors (Lipinski definition) is 4. The van der Waals surface area contributed by atoms with Gasteiger partial charge in [-0.1, -0.05) is 13.8 Å². The number of rotatable bonds is 5. The van der Waals surface area contributed by atoms with E-state index in [1.54, 1.807) is 0 Å². The molecular weight excluding hydrogens is 444 g/mol. The van der Waals surface area contributed by atoms with Gasteiger partial charge in [0.05, 0.1) is 11.6 Å². The molecule has 2 aliphatic heterocycles. The third-order valence-corrected chi connectivity index (χ3v) is 7.81. The van der Waals surface area contributed by atoms with Crippen LogP contribution >= 0.6 is 0 Å². The molecule has 3 fully saturated rings. The fourth-order valence-electron chi connectivity index (χ4n) is 5.77. The SMILES string of the molecule is CC1(C)[C@@H]2[C@@H](C(=O)N[C@H](C#N)C[C@@H]3CCNC3=O)N(C(=O)c3cc4c(F)ccc(F)c4[nH]3)C[C@@H]21. The van der Waals surface area contributed by atoms with E-state index in [0.29, 0.717) is 19.5 Å². The van der Waals surface area contributed by atoms with Crippen LogP contribution in [0.15, 0.2) is 18.2 Å². The highest BCUT2D eigenvalue weighted by atomic mass is 19.1. The van der Waals surface area contributed by atoms with Crippen molar-refractivity contribution in [3.05, 3.63) is 35.5 Å². The van der Waals surface area contributed by atoms with Crippen LogP contribution in [0.2, 0.25) is 0 Å². The highest BCUT2D eigenvalue weighted by molar-refractivity contribution is 6.01. The standard InChI is InChI=1S/C24H25F2N5O3/c1-24(2)14-10-31(23(34)17-8-13-15(25)3-4-16(26)19(13)30-17)20(18(14)24)22(33)29-12(9-27)7-11-5-6-28-21(11)32/h3-4,8,11-12,14,18,20,30H,5-7,10H2,1-2H3,(H,28,32)(H,29,33)/t11-,12-,14-,18-,20-/m0/s1. The number of carbonyl (C=O) groups is 3. The number of amides is 3. The van der Waals surface area contributed by atoms with Gasteiger partial charge in [0.15, 0.2) is 0 Å². The van der Waals surface area contributed by atoms with Crippen molar-refractivity contribution in [1.82, 2.24) is 20.5 Å². The predicted octanol–water partition coefficient (Wildman–Crippen LogP) is 2.08. The van der Waals surface area contributed by atoms with Crippen molar-refractivity contribution in [3.8, 4) is 6.07 Å². The minimum atomic E-state index is -0.865. The van der Waals surface area contributed by atoms with E-state index in [0.717, 1.165) is 12.1 Å². The Hall–Kier alpha value is -3.48. The molecule has 10 heteroatoms. The summed E-state index contributed by atoms with van der Waals surface area (Å²) < 4.78 is 28.3. The Labute approximate surface area is 194 Å². The van der Waals surface area contributed by atoms with Gasteiger partial charge in [-0.05, 0) is 48.3 Å². The summed E-state index contributed by atoms with van der Waals surface area (Å²) in [7, 11) is 0. The average molecular weight is 469 g/mol. The van der Waals surface area contributed by atoms with Gasteiger partial charge < -0.3 is 20.5 Å². The van der Waals surface area contributed by atoms with Crippen LogP contribution in [-0.4, -0.2) is 52.8 Å². The molecule has 5 atom stereocenters. The van der Waals surface area contributed by atoms with Gasteiger partial charge in [0, 0.05) is 24.4 Å². The lowest BCUT2D eigenvalue weighted by Crippen LogP contribution is -2.52. The Kier molecular flexibility index (Phi) is 5.11. The van der Waals surface area contributed by atoms with E-state index in [4.69, 9.17) is 0 Å². The number of halogens is 2.